The van der Waals surface area contributed by atoms with Gasteiger partial charge < -0.3 is 9.47 Å². The number of nitro groups is 1. The van der Waals surface area contributed by atoms with Gasteiger partial charge in [0.2, 0.25) is 5.78 Å². The van der Waals surface area contributed by atoms with Crippen LogP contribution in [0.5, 0.6) is 11.5 Å². The molecule has 0 amide bonds. The fraction of sp³-hybridized carbons (Fsp3) is 0.0455. The van der Waals surface area contributed by atoms with E-state index in [1.807, 2.05) is 12.1 Å². The minimum Gasteiger partial charge on any atom is -0.489 e. The van der Waals surface area contributed by atoms with Crippen molar-refractivity contribution in [1.29, 1.82) is 0 Å². The molecule has 29 heavy (non-hydrogen) atoms. The van der Waals surface area contributed by atoms with Crippen LogP contribution in [0.25, 0.3) is 6.08 Å². The largest absolute Gasteiger partial charge is 0.489 e. The fourth-order valence-corrected chi connectivity index (χ4v) is 3.06. The maximum atomic E-state index is 12.6. The molecule has 0 unspecified atom stereocenters. The van der Waals surface area contributed by atoms with E-state index in [-0.39, 0.29) is 23.8 Å². The average Bonchev–Trinajstić information content (AvgIpc) is 3.03. The van der Waals surface area contributed by atoms with Crippen LogP contribution in [0.1, 0.15) is 21.5 Å². The first-order valence-corrected chi connectivity index (χ1v) is 9.08. The third-order valence-electron chi connectivity index (χ3n) is 4.39. The number of nitro benzene ring substituents is 1. The second-order valence-electron chi connectivity index (χ2n) is 6.33. The van der Waals surface area contributed by atoms with Gasteiger partial charge in [0.25, 0.3) is 5.69 Å². The van der Waals surface area contributed by atoms with Crippen LogP contribution in [0.4, 0.5) is 5.69 Å². The number of halogens is 1. The molecular formula is C22H14ClNO5. The lowest BCUT2D eigenvalue weighted by Crippen LogP contribution is -1.98. The molecule has 3 aromatic carbocycles. The molecule has 0 atom stereocenters. The smallest absolute Gasteiger partial charge is 0.269 e. The van der Waals surface area contributed by atoms with E-state index in [2.05, 4.69) is 0 Å². The zero-order chi connectivity index (χ0) is 20.4. The van der Waals surface area contributed by atoms with Crippen molar-refractivity contribution in [3.05, 3.63) is 104 Å². The zero-order valence-electron chi connectivity index (χ0n) is 15.0. The van der Waals surface area contributed by atoms with E-state index < -0.39 is 4.92 Å². The molecule has 0 spiro atoms. The van der Waals surface area contributed by atoms with Gasteiger partial charge in [-0.25, -0.2) is 0 Å². The van der Waals surface area contributed by atoms with Crippen molar-refractivity contribution < 1.29 is 19.2 Å². The Morgan fingerprint density at radius 3 is 2.55 bits per heavy atom. The zero-order valence-corrected chi connectivity index (χ0v) is 15.8. The molecule has 0 saturated carbocycles. The summed E-state index contributed by atoms with van der Waals surface area (Å²) in [4.78, 5) is 22.8. The third kappa shape index (κ3) is 3.97. The molecule has 0 aromatic heterocycles. The number of nitrogens with zero attached hydrogens (tertiary/aromatic N) is 1. The van der Waals surface area contributed by atoms with Crippen molar-refractivity contribution in [2.45, 2.75) is 6.61 Å². The molecular weight excluding hydrogens is 394 g/mol. The number of carbonyl (C=O) groups excluding carboxylic acids is 1. The van der Waals surface area contributed by atoms with Gasteiger partial charge in [0, 0.05) is 23.2 Å². The quantitative estimate of drug-likeness (QED) is 0.319. The van der Waals surface area contributed by atoms with Crippen LogP contribution in [0.3, 0.4) is 0 Å². The summed E-state index contributed by atoms with van der Waals surface area (Å²) in [5, 5.41) is 11.2. The predicted octanol–water partition coefficient (Wildman–Crippen LogP) is 5.44. The normalized spacial score (nSPS) is 13.8. The monoisotopic (exact) mass is 407 g/mol. The highest BCUT2D eigenvalue weighted by molar-refractivity contribution is 6.32. The molecule has 0 saturated heterocycles. The summed E-state index contributed by atoms with van der Waals surface area (Å²) in [5.74, 6) is 0.908. The highest BCUT2D eigenvalue weighted by atomic mass is 35.5. The molecule has 0 N–H and O–H groups in total. The first-order chi connectivity index (χ1) is 14.0. The predicted molar refractivity (Wildman–Crippen MR) is 108 cm³/mol. The van der Waals surface area contributed by atoms with Gasteiger partial charge in [-0.3, -0.25) is 14.9 Å². The number of carbonyl (C=O) groups is 1. The summed E-state index contributed by atoms with van der Waals surface area (Å²) in [6.07, 6.45) is 1.61. The number of benzene rings is 3. The Morgan fingerprint density at radius 2 is 1.83 bits per heavy atom. The van der Waals surface area contributed by atoms with Crippen molar-refractivity contribution in [3.8, 4) is 11.5 Å². The first-order valence-electron chi connectivity index (χ1n) is 8.70. The van der Waals surface area contributed by atoms with E-state index in [0.29, 0.717) is 27.6 Å². The Morgan fingerprint density at radius 1 is 1.07 bits per heavy atom. The first kappa shape index (κ1) is 18.7. The molecule has 0 aliphatic carbocycles. The van der Waals surface area contributed by atoms with E-state index in [1.54, 1.807) is 48.5 Å². The summed E-state index contributed by atoms with van der Waals surface area (Å²) in [6.45, 7) is 0.229. The molecule has 1 aliphatic rings. The standard InChI is InChI=1S/C22H14ClNO5/c23-19-4-2-1-3-15(19)11-21-22(25)18-10-9-17(12-20(18)29-21)28-13-14-5-7-16(8-6-14)24(26)27/h1-12H,13H2/b21-11-. The van der Waals surface area contributed by atoms with E-state index >= 15 is 0 Å². The fourth-order valence-electron chi connectivity index (χ4n) is 2.87. The van der Waals surface area contributed by atoms with Crippen molar-refractivity contribution in [2.24, 2.45) is 0 Å². The molecule has 1 heterocycles. The molecule has 0 fully saturated rings. The van der Waals surface area contributed by atoms with Crippen molar-refractivity contribution in [3.63, 3.8) is 0 Å². The van der Waals surface area contributed by atoms with Gasteiger partial charge in [-0.2, -0.15) is 0 Å². The minimum atomic E-state index is -0.451. The van der Waals surface area contributed by atoms with Crippen molar-refractivity contribution in [1.82, 2.24) is 0 Å². The van der Waals surface area contributed by atoms with Crippen LogP contribution in [-0.2, 0) is 6.61 Å². The molecule has 1 aliphatic heterocycles. The van der Waals surface area contributed by atoms with Crippen LogP contribution in [-0.4, -0.2) is 10.7 Å². The van der Waals surface area contributed by atoms with Crippen LogP contribution in [0.15, 0.2) is 72.5 Å². The van der Waals surface area contributed by atoms with Crippen LogP contribution in [0.2, 0.25) is 5.02 Å². The van der Waals surface area contributed by atoms with Gasteiger partial charge >= 0.3 is 0 Å². The molecule has 3 aromatic rings. The second-order valence-corrected chi connectivity index (χ2v) is 6.74. The summed E-state index contributed by atoms with van der Waals surface area (Å²) in [7, 11) is 0. The summed E-state index contributed by atoms with van der Waals surface area (Å²) in [6, 6.07) is 18.3. The van der Waals surface area contributed by atoms with Gasteiger partial charge in [0.1, 0.15) is 18.1 Å². The number of ketones is 1. The molecule has 0 radical (unpaired) electrons. The topological polar surface area (TPSA) is 78.7 Å². The minimum absolute atomic E-state index is 0.0241. The van der Waals surface area contributed by atoms with E-state index in [0.717, 1.165) is 5.56 Å². The third-order valence-corrected chi connectivity index (χ3v) is 4.73. The summed E-state index contributed by atoms with van der Waals surface area (Å²) < 4.78 is 11.4. The lowest BCUT2D eigenvalue weighted by molar-refractivity contribution is -0.384. The maximum Gasteiger partial charge on any atom is 0.269 e. The van der Waals surface area contributed by atoms with E-state index in [1.165, 1.54) is 12.1 Å². The Kier molecular flexibility index (Phi) is 5.01. The number of rotatable bonds is 5. The molecule has 0 bridgehead atoms. The van der Waals surface area contributed by atoms with Crippen LogP contribution in [0, 0.1) is 10.1 Å². The highest BCUT2D eigenvalue weighted by Gasteiger charge is 2.28. The molecule has 6 nitrogen and oxygen atoms in total. The number of non-ortho nitro benzene ring substituents is 1. The lowest BCUT2D eigenvalue weighted by atomic mass is 10.1. The van der Waals surface area contributed by atoms with Crippen molar-refractivity contribution in [2.75, 3.05) is 0 Å². The number of fused-ring (bicyclic) bond motifs is 1. The van der Waals surface area contributed by atoms with Gasteiger partial charge in [-0.05, 0) is 47.5 Å². The van der Waals surface area contributed by atoms with Crippen LogP contribution >= 0.6 is 11.6 Å². The summed E-state index contributed by atoms with van der Waals surface area (Å²) >= 11 is 6.14. The van der Waals surface area contributed by atoms with Gasteiger partial charge in [0.15, 0.2) is 5.76 Å². The molecule has 144 valence electrons. The molecule has 4 rings (SSSR count). The number of ether oxygens (including phenoxy) is 2. The number of Topliss-reactive ketones (excluding diaryl/α,β-unsaturated/α-hetero) is 1. The van der Waals surface area contributed by atoms with Crippen molar-refractivity contribution >= 4 is 29.1 Å². The Balaban J connectivity index is 1.49. The Labute approximate surface area is 171 Å². The Bertz CT molecular complexity index is 1140. The molecule has 7 heteroatoms. The summed E-state index contributed by atoms with van der Waals surface area (Å²) in [5.41, 5.74) is 1.95. The van der Waals surface area contributed by atoms with Gasteiger partial charge in [-0.15, -0.1) is 0 Å². The maximum absolute atomic E-state index is 12.6. The van der Waals surface area contributed by atoms with E-state index in [4.69, 9.17) is 21.1 Å². The average molecular weight is 408 g/mol. The van der Waals surface area contributed by atoms with Gasteiger partial charge in [-0.1, -0.05) is 29.8 Å². The lowest BCUT2D eigenvalue weighted by Gasteiger charge is -2.07. The van der Waals surface area contributed by atoms with Crippen LogP contribution < -0.4 is 9.47 Å². The van der Waals surface area contributed by atoms with E-state index in [9.17, 15) is 14.9 Å². The SMILES string of the molecule is O=C1/C(=C/c2ccccc2Cl)Oc2cc(OCc3ccc([N+](=O)[O-])cc3)ccc21. The Hall–Kier alpha value is -3.64. The second kappa shape index (κ2) is 7.77. The highest BCUT2D eigenvalue weighted by Crippen LogP contribution is 2.35. The van der Waals surface area contributed by atoms with Gasteiger partial charge in [0.05, 0.1) is 10.5 Å². The number of hydrogen-bond acceptors (Lipinski definition) is 5. The number of hydrogen-bond donors (Lipinski definition) is 0. The number of allylic oxidation sites excluding steroid dienone is 1.